The normalized spacial score (nSPS) is 15.0. The number of alkyl halides is 3. The second kappa shape index (κ2) is 9.25. The highest BCUT2D eigenvalue weighted by Gasteiger charge is 2.37. The molecule has 0 radical (unpaired) electrons. The first-order valence-corrected chi connectivity index (χ1v) is 12.6. The Morgan fingerprint density at radius 2 is 1.97 bits per heavy atom. The van der Waals surface area contributed by atoms with Crippen molar-refractivity contribution >= 4 is 55.6 Å². The maximum atomic E-state index is 14.0. The van der Waals surface area contributed by atoms with Gasteiger partial charge in [0.05, 0.1) is 22.5 Å². The summed E-state index contributed by atoms with van der Waals surface area (Å²) in [6.07, 6.45) is -3.31. The first-order chi connectivity index (χ1) is 17.6. The summed E-state index contributed by atoms with van der Waals surface area (Å²) in [5, 5.41) is 0.641. The van der Waals surface area contributed by atoms with E-state index in [-0.39, 0.29) is 38.2 Å². The molecule has 0 aliphatic carbocycles. The maximum Gasteiger partial charge on any atom is 0.417 e. The Balaban J connectivity index is 1.45. The van der Waals surface area contributed by atoms with E-state index < -0.39 is 17.6 Å². The number of aromatic nitrogens is 2. The third-order valence-corrected chi connectivity index (χ3v) is 7.95. The second-order valence-electron chi connectivity index (χ2n) is 8.98. The van der Waals surface area contributed by atoms with Crippen molar-refractivity contribution in [1.29, 1.82) is 0 Å². The van der Waals surface area contributed by atoms with Crippen LogP contribution in [-0.2, 0) is 6.18 Å². The number of para-hydroxylation sites is 1. The van der Waals surface area contributed by atoms with Crippen molar-refractivity contribution in [3.63, 3.8) is 0 Å². The number of rotatable bonds is 5. The molecular weight excluding hydrogens is 505 g/mol. The summed E-state index contributed by atoms with van der Waals surface area (Å²) in [7, 11) is 0. The van der Waals surface area contributed by atoms with E-state index in [1.165, 1.54) is 6.07 Å². The zero-order valence-electron chi connectivity index (χ0n) is 19.9. The molecule has 194 valence electrons. The lowest BCUT2D eigenvalue weighted by atomic mass is 10.0. The van der Waals surface area contributed by atoms with E-state index in [0.717, 1.165) is 34.0 Å². The highest BCUT2D eigenvalue weighted by atomic mass is 32.1. The van der Waals surface area contributed by atoms with Crippen molar-refractivity contribution in [1.82, 2.24) is 9.97 Å². The van der Waals surface area contributed by atoms with Gasteiger partial charge in [-0.05, 0) is 38.0 Å². The number of hydrogen-bond acceptors (Lipinski definition) is 7. The van der Waals surface area contributed by atoms with E-state index in [1.807, 2.05) is 30.0 Å². The summed E-state index contributed by atoms with van der Waals surface area (Å²) in [5.41, 5.74) is 11.5. The third-order valence-electron chi connectivity index (χ3n) is 6.83. The van der Waals surface area contributed by atoms with Gasteiger partial charge in [-0.25, -0.2) is 4.98 Å². The highest BCUT2D eigenvalue weighted by molar-refractivity contribution is 7.21. The molecule has 4 aromatic rings. The number of carbonyl (C=O) groups is 1. The highest BCUT2D eigenvalue weighted by Crippen LogP contribution is 2.43. The Bertz CT molecular complexity index is 1560. The molecule has 0 atom stereocenters. The van der Waals surface area contributed by atoms with E-state index in [2.05, 4.69) is 14.9 Å². The zero-order chi connectivity index (χ0) is 26.5. The van der Waals surface area contributed by atoms with Crippen molar-refractivity contribution in [3.8, 4) is 0 Å². The number of amides is 1. The molecule has 1 amide bonds. The molecule has 0 bridgehead atoms. The Hall–Kier alpha value is -3.80. The molecule has 12 heteroatoms. The van der Waals surface area contributed by atoms with Crippen LogP contribution in [0, 0.1) is 0 Å². The number of piperidine rings is 1. The van der Waals surface area contributed by atoms with Crippen molar-refractivity contribution in [2.45, 2.75) is 32.0 Å². The average Bonchev–Trinajstić information content (AvgIpc) is 3.20. The molecule has 1 aliphatic rings. The van der Waals surface area contributed by atoms with E-state index in [0.29, 0.717) is 32.5 Å². The molecule has 4 heterocycles. The minimum absolute atomic E-state index is 0.0353. The zero-order valence-corrected chi connectivity index (χ0v) is 20.7. The van der Waals surface area contributed by atoms with Crippen LogP contribution in [-0.4, -0.2) is 41.6 Å². The first kappa shape index (κ1) is 24.9. The molecule has 3 aromatic heterocycles. The van der Waals surface area contributed by atoms with Gasteiger partial charge in [-0.1, -0.05) is 12.1 Å². The third kappa shape index (κ3) is 4.45. The van der Waals surface area contributed by atoms with Crippen LogP contribution in [0.25, 0.3) is 21.1 Å². The van der Waals surface area contributed by atoms with Crippen LogP contribution < -0.4 is 26.8 Å². The number of aromatic amines is 1. The number of nitrogen functional groups attached to an aromatic ring is 1. The second-order valence-corrected chi connectivity index (χ2v) is 9.98. The molecule has 1 aromatic carbocycles. The summed E-state index contributed by atoms with van der Waals surface area (Å²) >= 11 is 0.774. The molecule has 0 unspecified atom stereocenters. The number of primary amides is 1. The lowest BCUT2D eigenvalue weighted by Crippen LogP contribution is -2.45. The number of fused-ring (bicyclic) bond motifs is 2. The van der Waals surface area contributed by atoms with Gasteiger partial charge < -0.3 is 26.3 Å². The van der Waals surface area contributed by atoms with Gasteiger partial charge in [0.2, 0.25) is 5.56 Å². The summed E-state index contributed by atoms with van der Waals surface area (Å²) in [6.45, 7) is 3.71. The predicted octanol–water partition coefficient (Wildman–Crippen LogP) is 4.33. The standard InChI is InChI=1S/C25H25F3N6O2S/c1-2-34(16-5-3-4-13-6-7-18(35)32-21(13)16)14-8-10-33(11-9-14)17-12-15(25(26,27)28)19-20(29)22(23(30)36)37-24(19)31-17/h3-7,12,14H,2,8-11,29H2,1H3,(H2,30,36)(H,32,35). The summed E-state index contributed by atoms with van der Waals surface area (Å²) in [5.74, 6) is -0.696. The molecule has 1 fully saturated rings. The van der Waals surface area contributed by atoms with Gasteiger partial charge in [0.15, 0.2) is 0 Å². The number of halogens is 3. The van der Waals surface area contributed by atoms with E-state index in [9.17, 15) is 22.8 Å². The van der Waals surface area contributed by atoms with Crippen LogP contribution in [0.1, 0.15) is 35.0 Å². The quantitative estimate of drug-likeness (QED) is 0.353. The van der Waals surface area contributed by atoms with Crippen molar-refractivity contribution in [3.05, 3.63) is 57.2 Å². The van der Waals surface area contributed by atoms with E-state index in [1.54, 1.807) is 6.07 Å². The van der Waals surface area contributed by atoms with Crippen LogP contribution in [0.4, 0.5) is 30.4 Å². The van der Waals surface area contributed by atoms with Gasteiger partial charge in [-0.2, -0.15) is 13.2 Å². The maximum absolute atomic E-state index is 14.0. The lowest BCUT2D eigenvalue weighted by molar-refractivity contribution is -0.136. The first-order valence-electron chi connectivity index (χ1n) is 11.8. The minimum Gasteiger partial charge on any atom is -0.397 e. The fraction of sp³-hybridized carbons (Fsp3) is 0.320. The fourth-order valence-corrected chi connectivity index (χ4v) is 6.08. The smallest absolute Gasteiger partial charge is 0.397 e. The molecule has 8 nitrogen and oxygen atoms in total. The molecule has 5 rings (SSSR count). The van der Waals surface area contributed by atoms with Gasteiger partial charge in [0, 0.05) is 42.5 Å². The van der Waals surface area contributed by atoms with Crippen LogP contribution in [0.15, 0.2) is 41.2 Å². The van der Waals surface area contributed by atoms with Crippen molar-refractivity contribution < 1.29 is 18.0 Å². The van der Waals surface area contributed by atoms with E-state index in [4.69, 9.17) is 11.5 Å². The number of benzene rings is 1. The van der Waals surface area contributed by atoms with Crippen LogP contribution in [0.5, 0.6) is 0 Å². The minimum atomic E-state index is -4.68. The number of nitrogens with zero attached hydrogens (tertiary/aromatic N) is 3. The Morgan fingerprint density at radius 1 is 1.24 bits per heavy atom. The van der Waals surface area contributed by atoms with Gasteiger partial charge >= 0.3 is 6.18 Å². The summed E-state index contributed by atoms with van der Waals surface area (Å²) in [6, 6.07) is 10.3. The fourth-order valence-electron chi connectivity index (χ4n) is 5.11. The number of hydrogen-bond donors (Lipinski definition) is 3. The monoisotopic (exact) mass is 530 g/mol. The van der Waals surface area contributed by atoms with Crippen molar-refractivity contribution in [2.75, 3.05) is 35.2 Å². The number of pyridine rings is 2. The number of carbonyl (C=O) groups excluding carboxylic acids is 1. The number of thiophene rings is 1. The molecular formula is C25H25F3N6O2S. The Kier molecular flexibility index (Phi) is 6.22. The van der Waals surface area contributed by atoms with Gasteiger partial charge in [-0.15, -0.1) is 11.3 Å². The molecule has 37 heavy (non-hydrogen) atoms. The van der Waals surface area contributed by atoms with Gasteiger partial charge in [0.1, 0.15) is 15.5 Å². The molecule has 1 aliphatic heterocycles. The molecule has 1 saturated heterocycles. The number of nitrogens with one attached hydrogen (secondary N) is 1. The average molecular weight is 531 g/mol. The Labute approximate surface area is 213 Å². The predicted molar refractivity (Wildman–Crippen MR) is 140 cm³/mol. The number of anilines is 3. The van der Waals surface area contributed by atoms with Gasteiger partial charge in [0.25, 0.3) is 5.91 Å². The summed E-state index contributed by atoms with van der Waals surface area (Å²) in [4.78, 5) is 35.0. The SMILES string of the molecule is CCN(c1cccc2ccc(=O)[nH]c12)C1CCN(c2cc(C(F)(F)F)c3c(N)c(C(N)=O)sc3n2)CC1. The van der Waals surface area contributed by atoms with E-state index >= 15 is 0 Å². The topological polar surface area (TPSA) is 121 Å². The molecule has 0 spiro atoms. The number of nitrogens with two attached hydrogens (primary N) is 2. The van der Waals surface area contributed by atoms with Gasteiger partial charge in [-0.3, -0.25) is 9.59 Å². The summed E-state index contributed by atoms with van der Waals surface area (Å²) < 4.78 is 41.9. The number of H-pyrrole nitrogens is 1. The Morgan fingerprint density at radius 3 is 2.62 bits per heavy atom. The van der Waals surface area contributed by atoms with Crippen LogP contribution >= 0.6 is 11.3 Å². The van der Waals surface area contributed by atoms with Crippen molar-refractivity contribution in [2.24, 2.45) is 5.73 Å². The molecule has 0 saturated carbocycles. The molecule has 5 N–H and O–H groups in total. The largest absolute Gasteiger partial charge is 0.417 e. The van der Waals surface area contributed by atoms with Crippen LogP contribution in [0.3, 0.4) is 0 Å². The van der Waals surface area contributed by atoms with Crippen LogP contribution in [0.2, 0.25) is 0 Å². The lowest BCUT2D eigenvalue weighted by Gasteiger charge is -2.40.